The minimum Gasteiger partial charge on any atom is -0.359 e. The number of hydrogen-bond acceptors (Lipinski definition) is 6. The molecule has 1 aromatic rings. The van der Waals surface area contributed by atoms with Crippen molar-refractivity contribution in [1.82, 2.24) is 14.9 Å². The van der Waals surface area contributed by atoms with Gasteiger partial charge in [-0.05, 0) is 26.5 Å². The van der Waals surface area contributed by atoms with Crippen molar-refractivity contribution in [3.63, 3.8) is 0 Å². The van der Waals surface area contributed by atoms with Gasteiger partial charge in [0.05, 0.1) is 0 Å². The molecule has 0 aliphatic rings. The summed E-state index contributed by atoms with van der Waals surface area (Å²) in [5.74, 6) is 6.59. The SMILES string of the molecule is CCSc1nnc(NC(C)(C)C)c(=O)n1N. The maximum Gasteiger partial charge on any atom is 0.315 e. The van der Waals surface area contributed by atoms with E-state index in [2.05, 4.69) is 15.5 Å². The van der Waals surface area contributed by atoms with Gasteiger partial charge in [0.15, 0.2) is 0 Å². The molecule has 0 unspecified atom stereocenters. The van der Waals surface area contributed by atoms with E-state index in [9.17, 15) is 4.79 Å². The minimum atomic E-state index is -0.360. The van der Waals surface area contributed by atoms with Crippen LogP contribution in [0.15, 0.2) is 9.95 Å². The van der Waals surface area contributed by atoms with E-state index in [-0.39, 0.29) is 16.9 Å². The van der Waals surface area contributed by atoms with E-state index >= 15 is 0 Å². The van der Waals surface area contributed by atoms with Gasteiger partial charge in [-0.25, -0.2) is 0 Å². The van der Waals surface area contributed by atoms with Crippen LogP contribution in [0.1, 0.15) is 27.7 Å². The zero-order chi connectivity index (χ0) is 12.3. The van der Waals surface area contributed by atoms with Gasteiger partial charge in [-0.15, -0.1) is 10.2 Å². The third-order valence-corrected chi connectivity index (χ3v) is 2.46. The lowest BCUT2D eigenvalue weighted by molar-refractivity contribution is 0.612. The Hall–Kier alpha value is -1.24. The number of nitrogens with one attached hydrogen (secondary N) is 1. The van der Waals surface area contributed by atoms with E-state index in [1.807, 2.05) is 27.7 Å². The van der Waals surface area contributed by atoms with Crippen LogP contribution in [0.25, 0.3) is 0 Å². The first-order chi connectivity index (χ1) is 7.35. The zero-order valence-electron chi connectivity index (χ0n) is 9.94. The largest absolute Gasteiger partial charge is 0.359 e. The van der Waals surface area contributed by atoms with E-state index in [1.165, 1.54) is 11.8 Å². The number of thioether (sulfide) groups is 1. The van der Waals surface area contributed by atoms with Crippen LogP contribution in [0.5, 0.6) is 0 Å². The lowest BCUT2D eigenvalue weighted by Gasteiger charge is -2.20. The summed E-state index contributed by atoms with van der Waals surface area (Å²) >= 11 is 1.38. The lowest BCUT2D eigenvalue weighted by Crippen LogP contribution is -2.37. The Kier molecular flexibility index (Phi) is 3.79. The van der Waals surface area contributed by atoms with Crippen molar-refractivity contribution in [2.75, 3.05) is 16.9 Å². The second-order valence-electron chi connectivity index (χ2n) is 4.31. The van der Waals surface area contributed by atoms with Crippen LogP contribution in [-0.2, 0) is 0 Å². The third-order valence-electron chi connectivity index (χ3n) is 1.63. The van der Waals surface area contributed by atoms with E-state index in [0.29, 0.717) is 5.16 Å². The molecule has 90 valence electrons. The molecule has 0 bridgehead atoms. The highest BCUT2D eigenvalue weighted by molar-refractivity contribution is 7.99. The number of nitrogens with two attached hydrogens (primary N) is 1. The second kappa shape index (κ2) is 4.73. The van der Waals surface area contributed by atoms with Crippen LogP contribution in [0.4, 0.5) is 5.82 Å². The standard InChI is InChI=1S/C9H17N5OS/c1-5-16-8-13-12-6(7(15)14(8)10)11-9(2,3)4/h5,10H2,1-4H3,(H,11,12). The second-order valence-corrected chi connectivity index (χ2v) is 5.55. The molecule has 0 spiro atoms. The van der Waals surface area contributed by atoms with Gasteiger partial charge in [0.1, 0.15) is 0 Å². The van der Waals surface area contributed by atoms with E-state index < -0.39 is 0 Å². The molecular weight excluding hydrogens is 226 g/mol. The highest BCUT2D eigenvalue weighted by atomic mass is 32.2. The van der Waals surface area contributed by atoms with E-state index in [4.69, 9.17) is 5.84 Å². The average Bonchev–Trinajstić information content (AvgIpc) is 2.16. The number of anilines is 1. The Morgan fingerprint density at radius 1 is 1.44 bits per heavy atom. The van der Waals surface area contributed by atoms with Crippen molar-refractivity contribution < 1.29 is 0 Å². The van der Waals surface area contributed by atoms with Gasteiger partial charge < -0.3 is 11.2 Å². The molecule has 0 radical (unpaired) electrons. The highest BCUT2D eigenvalue weighted by Crippen LogP contribution is 2.12. The predicted octanol–water partition coefficient (Wildman–Crippen LogP) is 0.674. The summed E-state index contributed by atoms with van der Waals surface area (Å²) in [5.41, 5.74) is -0.610. The van der Waals surface area contributed by atoms with Crippen LogP contribution in [0.2, 0.25) is 0 Å². The van der Waals surface area contributed by atoms with Crippen LogP contribution >= 0.6 is 11.8 Å². The van der Waals surface area contributed by atoms with Gasteiger partial charge in [-0.2, -0.15) is 4.68 Å². The normalized spacial score (nSPS) is 11.5. The summed E-state index contributed by atoms with van der Waals surface area (Å²) < 4.78 is 1.02. The van der Waals surface area contributed by atoms with Crippen LogP contribution in [0.3, 0.4) is 0 Å². The number of aromatic nitrogens is 3. The van der Waals surface area contributed by atoms with E-state index in [0.717, 1.165) is 10.4 Å². The van der Waals surface area contributed by atoms with Crippen LogP contribution in [0, 0.1) is 0 Å². The van der Waals surface area contributed by atoms with Crippen molar-refractivity contribution in [2.45, 2.75) is 38.4 Å². The van der Waals surface area contributed by atoms with Crippen LogP contribution in [-0.4, -0.2) is 26.2 Å². The number of nitrogens with zero attached hydrogens (tertiary/aromatic N) is 3. The smallest absolute Gasteiger partial charge is 0.315 e. The summed E-state index contributed by atoms with van der Waals surface area (Å²) in [4.78, 5) is 11.8. The zero-order valence-corrected chi connectivity index (χ0v) is 10.8. The maximum atomic E-state index is 11.8. The fourth-order valence-corrected chi connectivity index (χ4v) is 1.62. The van der Waals surface area contributed by atoms with Gasteiger partial charge in [-0.1, -0.05) is 18.7 Å². The highest BCUT2D eigenvalue weighted by Gasteiger charge is 2.16. The van der Waals surface area contributed by atoms with Crippen molar-refractivity contribution in [1.29, 1.82) is 0 Å². The van der Waals surface area contributed by atoms with Gasteiger partial charge in [0.25, 0.3) is 0 Å². The van der Waals surface area contributed by atoms with Gasteiger partial charge in [0, 0.05) is 5.54 Å². The van der Waals surface area contributed by atoms with Crippen molar-refractivity contribution in [2.24, 2.45) is 0 Å². The lowest BCUT2D eigenvalue weighted by atomic mass is 10.1. The maximum absolute atomic E-state index is 11.8. The van der Waals surface area contributed by atoms with Crippen molar-refractivity contribution in [3.8, 4) is 0 Å². The number of rotatable bonds is 3. The molecule has 1 heterocycles. The Morgan fingerprint density at radius 3 is 2.56 bits per heavy atom. The topological polar surface area (TPSA) is 85.8 Å². The summed E-state index contributed by atoms with van der Waals surface area (Å²) in [5, 5.41) is 11.1. The predicted molar refractivity (Wildman–Crippen MR) is 66.2 cm³/mol. The first-order valence-corrected chi connectivity index (χ1v) is 5.99. The Labute approximate surface area is 98.6 Å². The molecule has 0 aliphatic carbocycles. The molecule has 0 atom stereocenters. The monoisotopic (exact) mass is 243 g/mol. The molecular formula is C9H17N5OS. The van der Waals surface area contributed by atoms with Crippen LogP contribution < -0.4 is 16.7 Å². The minimum absolute atomic E-state index is 0.176. The quantitative estimate of drug-likeness (QED) is 0.599. The summed E-state index contributed by atoms with van der Waals surface area (Å²) in [7, 11) is 0. The summed E-state index contributed by atoms with van der Waals surface area (Å²) in [6.45, 7) is 7.76. The molecule has 0 aliphatic heterocycles. The first-order valence-electron chi connectivity index (χ1n) is 5.01. The molecule has 0 fully saturated rings. The molecule has 0 saturated heterocycles. The average molecular weight is 243 g/mol. The molecule has 1 rings (SSSR count). The first kappa shape index (κ1) is 12.8. The summed E-state index contributed by atoms with van der Waals surface area (Å²) in [6, 6.07) is 0. The van der Waals surface area contributed by atoms with Gasteiger partial charge in [-0.3, -0.25) is 4.79 Å². The van der Waals surface area contributed by atoms with Crippen molar-refractivity contribution >= 4 is 17.6 Å². The molecule has 1 aromatic heterocycles. The summed E-state index contributed by atoms with van der Waals surface area (Å²) in [6.07, 6.45) is 0. The van der Waals surface area contributed by atoms with Gasteiger partial charge in [0.2, 0.25) is 11.0 Å². The van der Waals surface area contributed by atoms with Crippen molar-refractivity contribution in [3.05, 3.63) is 10.4 Å². The molecule has 0 aromatic carbocycles. The molecule has 16 heavy (non-hydrogen) atoms. The molecule has 7 heteroatoms. The number of nitrogen functional groups attached to an aromatic ring is 1. The van der Waals surface area contributed by atoms with Gasteiger partial charge >= 0.3 is 5.56 Å². The Balaban J connectivity index is 3.08. The van der Waals surface area contributed by atoms with E-state index in [1.54, 1.807) is 0 Å². The fourth-order valence-electron chi connectivity index (χ4n) is 1.05. The molecule has 6 nitrogen and oxygen atoms in total. The molecule has 0 amide bonds. The molecule has 3 N–H and O–H groups in total. The third kappa shape index (κ3) is 3.13. The molecule has 0 saturated carbocycles. The fraction of sp³-hybridized carbons (Fsp3) is 0.667. The number of hydrogen-bond donors (Lipinski definition) is 2. The Morgan fingerprint density at radius 2 is 2.06 bits per heavy atom. The Bertz CT molecular complexity index is 423.